The number of halogens is 3. The first kappa shape index (κ1) is 34.5. The number of carbonyl (C=O) groups is 3. The number of rotatable bonds is 7. The highest BCUT2D eigenvalue weighted by Crippen LogP contribution is 2.35. The van der Waals surface area contributed by atoms with E-state index in [1.165, 1.54) is 16.8 Å². The molecule has 3 aliphatic rings. The van der Waals surface area contributed by atoms with Crippen molar-refractivity contribution in [1.82, 2.24) is 34.2 Å². The molecule has 8 rings (SSSR count). The van der Waals surface area contributed by atoms with Crippen LogP contribution in [-0.2, 0) is 27.5 Å². The molecule has 2 unspecified atom stereocenters. The molecule has 1 aliphatic carbocycles. The van der Waals surface area contributed by atoms with Crippen LogP contribution in [0, 0.1) is 0 Å². The van der Waals surface area contributed by atoms with Crippen molar-refractivity contribution >= 4 is 51.2 Å². The van der Waals surface area contributed by atoms with Crippen LogP contribution in [0.25, 0.3) is 21.9 Å². The van der Waals surface area contributed by atoms with Gasteiger partial charge in [-0.2, -0.15) is 18.3 Å². The first-order valence-electron chi connectivity index (χ1n) is 17.6. The number of nitrogens with one attached hydrogen (secondary N) is 2. The van der Waals surface area contributed by atoms with Crippen LogP contribution in [0.1, 0.15) is 73.2 Å². The van der Waals surface area contributed by atoms with Crippen LogP contribution in [0.15, 0.2) is 59.7 Å². The topological polar surface area (TPSA) is 158 Å². The Morgan fingerprint density at radius 2 is 1.79 bits per heavy atom. The number of para-hydroxylation sites is 1. The molecule has 2 N–H and O–H groups in total. The number of ether oxygens (including phenoxy) is 1. The van der Waals surface area contributed by atoms with Crippen molar-refractivity contribution in [2.75, 3.05) is 23.3 Å². The van der Waals surface area contributed by atoms with Crippen LogP contribution < -0.4 is 21.2 Å². The van der Waals surface area contributed by atoms with E-state index >= 15 is 0 Å². The van der Waals surface area contributed by atoms with Crippen LogP contribution in [-0.4, -0.2) is 71.9 Å². The molecule has 4 aromatic heterocycles. The van der Waals surface area contributed by atoms with Crippen LogP contribution in [0.2, 0.25) is 0 Å². The average molecular weight is 732 g/mol. The second-order valence-electron chi connectivity index (χ2n) is 13.8. The van der Waals surface area contributed by atoms with E-state index in [-0.39, 0.29) is 54.2 Å². The van der Waals surface area contributed by atoms with Gasteiger partial charge in [0.25, 0.3) is 5.91 Å². The number of piperidine rings is 1. The maximum Gasteiger partial charge on any atom is 0.433 e. The number of carbonyl (C=O) groups excluding carboxylic acids is 3. The van der Waals surface area contributed by atoms with Gasteiger partial charge in [0.2, 0.25) is 11.8 Å². The number of aryl methyl sites for hydroxylation is 1. The first-order chi connectivity index (χ1) is 25.4. The summed E-state index contributed by atoms with van der Waals surface area (Å²) in [5, 5.41) is 10.3. The number of anilines is 2. The predicted molar refractivity (Wildman–Crippen MR) is 186 cm³/mol. The Morgan fingerprint density at radius 1 is 1.00 bits per heavy atom. The second kappa shape index (κ2) is 13.4. The number of amides is 3. The number of benzene rings is 1. The van der Waals surface area contributed by atoms with E-state index in [0.29, 0.717) is 17.6 Å². The number of nitrogens with zero attached hydrogens (tertiary/aromatic N) is 7. The molecule has 2 atom stereocenters. The Labute approximate surface area is 299 Å². The van der Waals surface area contributed by atoms with E-state index in [0.717, 1.165) is 67.4 Å². The number of fused-ring (bicyclic) bond motifs is 2. The van der Waals surface area contributed by atoms with Gasteiger partial charge in [-0.05, 0) is 68.9 Å². The molecule has 1 saturated carbocycles. The monoisotopic (exact) mass is 731 g/mol. The molecule has 2 aliphatic heterocycles. The van der Waals surface area contributed by atoms with Gasteiger partial charge in [-0.25, -0.2) is 14.8 Å². The molecule has 2 saturated heterocycles. The number of alkyl halides is 3. The third-order valence-corrected chi connectivity index (χ3v) is 10.4. The van der Waals surface area contributed by atoms with Gasteiger partial charge < -0.3 is 15.0 Å². The van der Waals surface area contributed by atoms with Crippen molar-refractivity contribution in [3.8, 4) is 0 Å². The molecule has 0 radical (unpaired) electrons. The molecular formula is C36H36F3N9O5. The quantitative estimate of drug-likeness (QED) is 0.230. The largest absolute Gasteiger partial charge is 0.433 e. The van der Waals surface area contributed by atoms with Crippen molar-refractivity contribution in [1.29, 1.82) is 0 Å². The van der Waals surface area contributed by atoms with Gasteiger partial charge in [0.05, 0.1) is 41.2 Å². The zero-order valence-corrected chi connectivity index (χ0v) is 28.7. The molecule has 0 spiro atoms. The Hall–Kier alpha value is -5.58. The first-order valence-corrected chi connectivity index (χ1v) is 17.6. The van der Waals surface area contributed by atoms with Crippen molar-refractivity contribution in [2.45, 2.75) is 75.4 Å². The number of pyridine rings is 2. The second-order valence-corrected chi connectivity index (χ2v) is 13.8. The standard InChI is InChI=1S/C36H36F3N9O5/c1-45-32-26(5-3-6-27(32)48(35(45)52)28-12-13-31(49)43-34(28)51)46-15-14-23(19-46)53-22-10-8-21(9-11-22)47-18-20-16-30(40-17-25(20)44-47)42-33(50)24-4-2-7-29(41-24)36(37,38)39/h2-7,16-18,21-23,28H,8-15,19H2,1H3,(H,42,50)(H,43,49,51)/t21-,22-,23?,28?. The average Bonchev–Trinajstić information content (AvgIpc) is 3.85. The summed E-state index contributed by atoms with van der Waals surface area (Å²) in [6.07, 6.45) is 3.52. The minimum Gasteiger partial charge on any atom is -0.373 e. The summed E-state index contributed by atoms with van der Waals surface area (Å²) >= 11 is 0. The number of imide groups is 1. The van der Waals surface area contributed by atoms with Gasteiger partial charge in [-0.3, -0.25) is 33.5 Å². The number of hydrogen-bond donors (Lipinski definition) is 2. The van der Waals surface area contributed by atoms with E-state index in [1.54, 1.807) is 17.7 Å². The van der Waals surface area contributed by atoms with Crippen LogP contribution >= 0.6 is 0 Å². The molecule has 0 bridgehead atoms. The van der Waals surface area contributed by atoms with Crippen molar-refractivity contribution in [3.05, 3.63) is 76.7 Å². The van der Waals surface area contributed by atoms with E-state index < -0.39 is 29.7 Å². The van der Waals surface area contributed by atoms with Gasteiger partial charge >= 0.3 is 11.9 Å². The summed E-state index contributed by atoms with van der Waals surface area (Å²) in [4.78, 5) is 60.3. The molecule has 14 nitrogen and oxygen atoms in total. The third kappa shape index (κ3) is 6.64. The van der Waals surface area contributed by atoms with Crippen LogP contribution in [0.4, 0.5) is 24.7 Å². The van der Waals surface area contributed by atoms with Crippen molar-refractivity contribution < 1.29 is 32.3 Å². The Balaban J connectivity index is 0.882. The fourth-order valence-electron chi connectivity index (χ4n) is 7.78. The van der Waals surface area contributed by atoms with Gasteiger partial charge in [-0.1, -0.05) is 12.1 Å². The van der Waals surface area contributed by atoms with Crippen LogP contribution in [0.5, 0.6) is 0 Å². The highest BCUT2D eigenvalue weighted by molar-refractivity contribution is 6.03. The van der Waals surface area contributed by atoms with Crippen LogP contribution in [0.3, 0.4) is 0 Å². The molecule has 3 fully saturated rings. The lowest BCUT2D eigenvalue weighted by molar-refractivity contribution is -0.141. The number of hydrogen-bond acceptors (Lipinski definition) is 9. The van der Waals surface area contributed by atoms with Crippen molar-refractivity contribution in [3.63, 3.8) is 0 Å². The minimum absolute atomic E-state index is 0.0131. The van der Waals surface area contributed by atoms with E-state index in [2.05, 4.69) is 25.5 Å². The highest BCUT2D eigenvalue weighted by Gasteiger charge is 2.35. The number of aromatic nitrogens is 6. The Bertz CT molecular complexity index is 2310. The van der Waals surface area contributed by atoms with Gasteiger partial charge in [0.15, 0.2) is 0 Å². The molecule has 1 aromatic carbocycles. The Kier molecular flexibility index (Phi) is 8.75. The maximum absolute atomic E-state index is 13.4. The lowest BCUT2D eigenvalue weighted by atomic mass is 9.93. The lowest BCUT2D eigenvalue weighted by Gasteiger charge is -2.30. The number of imidazole rings is 1. The fraction of sp³-hybridized carbons (Fsp3) is 0.417. The van der Waals surface area contributed by atoms with Gasteiger partial charge in [0, 0.05) is 38.1 Å². The smallest absolute Gasteiger partial charge is 0.373 e. The van der Waals surface area contributed by atoms with E-state index in [9.17, 15) is 32.3 Å². The molecular weight excluding hydrogens is 695 g/mol. The maximum atomic E-state index is 13.4. The molecule has 17 heteroatoms. The Morgan fingerprint density at radius 3 is 2.57 bits per heavy atom. The summed E-state index contributed by atoms with van der Waals surface area (Å²) in [6.45, 7) is 1.42. The summed E-state index contributed by atoms with van der Waals surface area (Å²) < 4.78 is 50.7. The lowest BCUT2D eigenvalue weighted by Crippen LogP contribution is -2.44. The SMILES string of the molecule is Cn1c(=O)n(C2CCC(=O)NC2=O)c2cccc(N3CCC(O[C@H]4CC[C@H](n5cc6cc(NC(=O)c7cccc(C(F)(F)F)n7)ncc6n5)CC4)C3)c21. The molecule has 6 heterocycles. The predicted octanol–water partition coefficient (Wildman–Crippen LogP) is 4.51. The highest BCUT2D eigenvalue weighted by atomic mass is 19.4. The summed E-state index contributed by atoms with van der Waals surface area (Å²) in [5.74, 6) is -1.42. The van der Waals surface area contributed by atoms with E-state index in [1.807, 2.05) is 29.1 Å². The van der Waals surface area contributed by atoms with E-state index in [4.69, 9.17) is 9.84 Å². The minimum atomic E-state index is -4.67. The normalized spacial score (nSPS) is 22.5. The molecule has 3 amide bonds. The van der Waals surface area contributed by atoms with Gasteiger partial charge in [0.1, 0.15) is 28.8 Å². The molecule has 53 heavy (non-hydrogen) atoms. The zero-order valence-electron chi connectivity index (χ0n) is 28.7. The van der Waals surface area contributed by atoms with Crippen molar-refractivity contribution in [2.24, 2.45) is 7.05 Å². The third-order valence-electron chi connectivity index (χ3n) is 10.4. The summed E-state index contributed by atoms with van der Waals surface area (Å²) in [7, 11) is 1.71. The molecule has 5 aromatic rings. The zero-order chi connectivity index (χ0) is 37.0. The molecule has 276 valence electrons. The summed E-state index contributed by atoms with van der Waals surface area (Å²) in [6, 6.07) is 9.88. The van der Waals surface area contributed by atoms with Gasteiger partial charge in [-0.15, -0.1) is 0 Å². The summed E-state index contributed by atoms with van der Waals surface area (Å²) in [5.41, 5.74) is 1.11. The fourth-order valence-corrected chi connectivity index (χ4v) is 7.78.